The number of carbonyl (C=O) groups is 2. The summed E-state index contributed by atoms with van der Waals surface area (Å²) >= 11 is 0. The van der Waals surface area contributed by atoms with Crippen LogP contribution in [0.2, 0.25) is 0 Å². The Morgan fingerprint density at radius 3 is 2.45 bits per heavy atom. The normalized spacial score (nSPS) is 12.9. The number of carbonyl (C=O) groups excluding carboxylic acids is 2. The van der Waals surface area contributed by atoms with Gasteiger partial charge in [-0.25, -0.2) is 4.79 Å². The lowest BCUT2D eigenvalue weighted by molar-refractivity contribution is -0.146. The summed E-state index contributed by atoms with van der Waals surface area (Å²) in [4.78, 5) is 23.5. The van der Waals surface area contributed by atoms with Gasteiger partial charge in [-0.2, -0.15) is 0 Å². The van der Waals surface area contributed by atoms with Gasteiger partial charge in [-0.15, -0.1) is 6.58 Å². The lowest BCUT2D eigenvalue weighted by atomic mass is 9.94. The Hall–Kier alpha value is -2.30. The molecule has 0 heterocycles. The van der Waals surface area contributed by atoms with Crippen molar-refractivity contribution in [3.63, 3.8) is 0 Å². The number of hydrogen-bond acceptors (Lipinski definition) is 5. The van der Waals surface area contributed by atoms with Crippen LogP contribution >= 0.6 is 0 Å². The minimum absolute atomic E-state index is 0.262. The summed E-state index contributed by atoms with van der Waals surface area (Å²) < 4.78 is 10.2. The Morgan fingerprint density at radius 2 is 2.00 bits per heavy atom. The predicted octanol–water partition coefficient (Wildman–Crippen LogP) is 2.82. The average molecular weight is 305 g/mol. The van der Waals surface area contributed by atoms with E-state index in [1.54, 1.807) is 38.3 Å². The SMILES string of the molecule is C=C(C)C[C@H](C=O)C(Nc1ccc(OC)cc1)C(=O)OCC. The number of hydrogen-bond donors (Lipinski definition) is 1. The minimum atomic E-state index is -0.748. The van der Waals surface area contributed by atoms with E-state index in [1.807, 2.05) is 6.92 Å². The van der Waals surface area contributed by atoms with Crippen molar-refractivity contribution in [2.75, 3.05) is 19.0 Å². The molecule has 22 heavy (non-hydrogen) atoms. The molecular formula is C17H23NO4. The van der Waals surface area contributed by atoms with E-state index in [4.69, 9.17) is 9.47 Å². The van der Waals surface area contributed by atoms with Gasteiger partial charge < -0.3 is 19.6 Å². The van der Waals surface area contributed by atoms with Crippen LogP contribution in [-0.4, -0.2) is 32.0 Å². The smallest absolute Gasteiger partial charge is 0.329 e. The molecule has 0 aliphatic rings. The Labute approximate surface area is 131 Å². The van der Waals surface area contributed by atoms with E-state index in [0.29, 0.717) is 17.9 Å². The summed E-state index contributed by atoms with van der Waals surface area (Å²) in [6.45, 7) is 7.63. The lowest BCUT2D eigenvalue weighted by Gasteiger charge is -2.23. The van der Waals surface area contributed by atoms with Gasteiger partial charge >= 0.3 is 5.97 Å². The van der Waals surface area contributed by atoms with Gasteiger partial charge in [0.15, 0.2) is 0 Å². The molecule has 2 atom stereocenters. The largest absolute Gasteiger partial charge is 0.497 e. The molecule has 0 amide bonds. The van der Waals surface area contributed by atoms with Gasteiger partial charge in [-0.3, -0.25) is 0 Å². The van der Waals surface area contributed by atoms with Gasteiger partial charge in [-0.05, 0) is 44.5 Å². The fourth-order valence-electron chi connectivity index (χ4n) is 2.09. The highest BCUT2D eigenvalue weighted by Crippen LogP contribution is 2.21. The van der Waals surface area contributed by atoms with Crippen molar-refractivity contribution in [3.05, 3.63) is 36.4 Å². The van der Waals surface area contributed by atoms with Crippen molar-refractivity contribution in [1.82, 2.24) is 0 Å². The first-order valence-electron chi connectivity index (χ1n) is 7.18. The highest BCUT2D eigenvalue weighted by atomic mass is 16.5. The first kappa shape index (κ1) is 17.8. The van der Waals surface area contributed by atoms with Gasteiger partial charge in [0.1, 0.15) is 18.1 Å². The number of nitrogens with one attached hydrogen (secondary N) is 1. The molecule has 0 aromatic heterocycles. The van der Waals surface area contributed by atoms with E-state index < -0.39 is 17.9 Å². The molecular weight excluding hydrogens is 282 g/mol. The maximum Gasteiger partial charge on any atom is 0.329 e. The molecule has 0 aliphatic carbocycles. The topological polar surface area (TPSA) is 64.6 Å². The molecule has 1 unspecified atom stereocenters. The van der Waals surface area contributed by atoms with Crippen LogP contribution in [0.1, 0.15) is 20.3 Å². The van der Waals surface area contributed by atoms with Crippen LogP contribution in [0.25, 0.3) is 0 Å². The lowest BCUT2D eigenvalue weighted by Crippen LogP contribution is -2.39. The zero-order valence-electron chi connectivity index (χ0n) is 13.3. The van der Waals surface area contributed by atoms with Crippen molar-refractivity contribution in [2.24, 2.45) is 5.92 Å². The van der Waals surface area contributed by atoms with Crippen LogP contribution < -0.4 is 10.1 Å². The molecule has 1 rings (SSSR count). The zero-order valence-corrected chi connectivity index (χ0v) is 13.3. The molecule has 0 spiro atoms. The number of rotatable bonds is 9. The molecule has 120 valence electrons. The number of aldehydes is 1. The third-order valence-electron chi connectivity index (χ3n) is 3.14. The molecule has 0 fully saturated rings. The molecule has 0 saturated heterocycles. The first-order chi connectivity index (χ1) is 10.5. The van der Waals surface area contributed by atoms with Gasteiger partial charge in [0.2, 0.25) is 0 Å². The molecule has 0 aliphatic heterocycles. The van der Waals surface area contributed by atoms with E-state index in [-0.39, 0.29) is 6.61 Å². The molecule has 1 aromatic rings. The second-order valence-corrected chi connectivity index (χ2v) is 5.06. The van der Waals surface area contributed by atoms with Crippen LogP contribution in [0.15, 0.2) is 36.4 Å². The second-order valence-electron chi connectivity index (χ2n) is 5.06. The van der Waals surface area contributed by atoms with Gasteiger partial charge in [-0.1, -0.05) is 5.57 Å². The summed E-state index contributed by atoms with van der Waals surface area (Å²) in [5.41, 5.74) is 1.55. The summed E-state index contributed by atoms with van der Waals surface area (Å²) in [5.74, 6) is -0.262. The first-order valence-corrected chi connectivity index (χ1v) is 7.18. The standard InChI is InChI=1S/C17H23NO4/c1-5-22-17(20)16(13(11-19)10-12(2)3)18-14-6-8-15(21-4)9-7-14/h6-9,11,13,16,18H,2,5,10H2,1,3-4H3/t13-,16?/m1/s1. The van der Waals surface area contributed by atoms with E-state index in [1.165, 1.54) is 0 Å². The van der Waals surface area contributed by atoms with E-state index in [0.717, 1.165) is 11.9 Å². The molecule has 5 heteroatoms. The maximum absolute atomic E-state index is 12.2. The fourth-order valence-corrected chi connectivity index (χ4v) is 2.09. The van der Waals surface area contributed by atoms with Crippen LogP contribution in [0.4, 0.5) is 5.69 Å². The Kier molecular flexibility index (Phi) is 7.16. The van der Waals surface area contributed by atoms with Crippen molar-refractivity contribution in [1.29, 1.82) is 0 Å². The van der Waals surface area contributed by atoms with E-state index in [2.05, 4.69) is 11.9 Å². The number of allylic oxidation sites excluding steroid dienone is 1. The summed E-state index contributed by atoms with van der Waals surface area (Å²) in [6, 6.07) is 6.38. The summed E-state index contributed by atoms with van der Waals surface area (Å²) in [5, 5.41) is 3.07. The average Bonchev–Trinajstić information content (AvgIpc) is 2.51. The van der Waals surface area contributed by atoms with Crippen molar-refractivity contribution >= 4 is 17.9 Å². The van der Waals surface area contributed by atoms with E-state index in [9.17, 15) is 9.59 Å². The van der Waals surface area contributed by atoms with Crippen LogP contribution in [-0.2, 0) is 14.3 Å². The Balaban J connectivity index is 2.94. The zero-order chi connectivity index (χ0) is 16.5. The van der Waals surface area contributed by atoms with Crippen LogP contribution in [0.5, 0.6) is 5.75 Å². The molecule has 0 saturated carbocycles. The number of benzene rings is 1. The van der Waals surface area contributed by atoms with Crippen molar-refractivity contribution < 1.29 is 19.1 Å². The number of ether oxygens (including phenoxy) is 2. The van der Waals surface area contributed by atoms with Crippen LogP contribution in [0.3, 0.4) is 0 Å². The Morgan fingerprint density at radius 1 is 1.36 bits per heavy atom. The third-order valence-corrected chi connectivity index (χ3v) is 3.14. The number of methoxy groups -OCH3 is 1. The molecule has 1 N–H and O–H groups in total. The number of esters is 1. The molecule has 1 aromatic carbocycles. The van der Waals surface area contributed by atoms with Crippen LogP contribution in [0, 0.1) is 5.92 Å². The van der Waals surface area contributed by atoms with Crippen molar-refractivity contribution in [2.45, 2.75) is 26.3 Å². The quantitative estimate of drug-likeness (QED) is 0.432. The summed E-state index contributed by atoms with van der Waals surface area (Å²) in [6.07, 6.45) is 1.20. The number of anilines is 1. The molecule has 0 radical (unpaired) electrons. The summed E-state index contributed by atoms with van der Waals surface area (Å²) in [7, 11) is 1.58. The van der Waals surface area contributed by atoms with Crippen molar-refractivity contribution in [3.8, 4) is 5.75 Å². The van der Waals surface area contributed by atoms with Gasteiger partial charge in [0, 0.05) is 11.6 Å². The highest BCUT2D eigenvalue weighted by Gasteiger charge is 2.29. The maximum atomic E-state index is 12.2. The van der Waals surface area contributed by atoms with Gasteiger partial charge in [0.05, 0.1) is 13.7 Å². The second kappa shape index (κ2) is 8.87. The predicted molar refractivity (Wildman–Crippen MR) is 86.0 cm³/mol. The molecule has 5 nitrogen and oxygen atoms in total. The third kappa shape index (κ3) is 5.24. The van der Waals surface area contributed by atoms with E-state index >= 15 is 0 Å². The fraction of sp³-hybridized carbons (Fsp3) is 0.412. The molecule has 0 bridgehead atoms. The van der Waals surface area contributed by atoms with Gasteiger partial charge in [0.25, 0.3) is 0 Å². The highest BCUT2D eigenvalue weighted by molar-refractivity contribution is 5.83. The Bertz CT molecular complexity index is 510. The minimum Gasteiger partial charge on any atom is -0.497 e. The monoisotopic (exact) mass is 305 g/mol.